The zero-order valence-electron chi connectivity index (χ0n) is 12.0. The van der Waals surface area contributed by atoms with Gasteiger partial charge in [0.2, 0.25) is 0 Å². The Hall–Kier alpha value is -1.55. The fourth-order valence-corrected chi connectivity index (χ4v) is 2.77. The summed E-state index contributed by atoms with van der Waals surface area (Å²) in [5.74, 6) is 0.541. The first-order chi connectivity index (χ1) is 9.65. The number of para-hydroxylation sites is 1. The molecular formula is C16H23NO3. The SMILES string of the molecule is Cc1ccccc1OCCN1CCCC(CC(=O)O)C1. The van der Waals surface area contributed by atoms with Crippen LogP contribution in [-0.2, 0) is 4.79 Å². The highest BCUT2D eigenvalue weighted by atomic mass is 16.5. The zero-order chi connectivity index (χ0) is 14.4. The van der Waals surface area contributed by atoms with Gasteiger partial charge in [-0.2, -0.15) is 0 Å². The van der Waals surface area contributed by atoms with Gasteiger partial charge in [0.1, 0.15) is 12.4 Å². The Morgan fingerprint density at radius 3 is 3.00 bits per heavy atom. The topological polar surface area (TPSA) is 49.8 Å². The fraction of sp³-hybridized carbons (Fsp3) is 0.562. The molecule has 0 aliphatic carbocycles. The van der Waals surface area contributed by atoms with Crippen LogP contribution < -0.4 is 4.74 Å². The molecule has 1 aromatic rings. The molecule has 0 aromatic heterocycles. The second-order valence-corrected chi connectivity index (χ2v) is 5.52. The Bertz CT molecular complexity index is 447. The van der Waals surface area contributed by atoms with E-state index in [4.69, 9.17) is 9.84 Å². The molecule has 0 spiro atoms. The van der Waals surface area contributed by atoms with Crippen LogP contribution in [0.4, 0.5) is 0 Å². The number of aliphatic carboxylic acids is 1. The summed E-state index contributed by atoms with van der Waals surface area (Å²) in [4.78, 5) is 13.1. The molecule has 0 amide bonds. The molecule has 0 saturated carbocycles. The van der Waals surface area contributed by atoms with Crippen LogP contribution in [0.5, 0.6) is 5.75 Å². The molecule has 4 nitrogen and oxygen atoms in total. The van der Waals surface area contributed by atoms with E-state index in [0.29, 0.717) is 12.5 Å². The highest BCUT2D eigenvalue weighted by Crippen LogP contribution is 2.20. The van der Waals surface area contributed by atoms with E-state index < -0.39 is 5.97 Å². The zero-order valence-corrected chi connectivity index (χ0v) is 12.0. The Morgan fingerprint density at radius 2 is 2.25 bits per heavy atom. The van der Waals surface area contributed by atoms with E-state index in [2.05, 4.69) is 4.90 Å². The van der Waals surface area contributed by atoms with Crippen molar-refractivity contribution in [3.05, 3.63) is 29.8 Å². The van der Waals surface area contributed by atoms with Crippen molar-refractivity contribution in [1.29, 1.82) is 0 Å². The highest BCUT2D eigenvalue weighted by molar-refractivity contribution is 5.67. The molecule has 0 radical (unpaired) electrons. The van der Waals surface area contributed by atoms with E-state index in [1.54, 1.807) is 0 Å². The maximum Gasteiger partial charge on any atom is 0.303 e. The number of carbonyl (C=O) groups is 1. The summed E-state index contributed by atoms with van der Waals surface area (Å²) >= 11 is 0. The largest absolute Gasteiger partial charge is 0.492 e. The van der Waals surface area contributed by atoms with Gasteiger partial charge in [0.05, 0.1) is 0 Å². The van der Waals surface area contributed by atoms with Crippen LogP contribution in [0.3, 0.4) is 0 Å². The van der Waals surface area contributed by atoms with Gasteiger partial charge in [-0.05, 0) is 43.9 Å². The Kier molecular flexibility index (Phi) is 5.41. The summed E-state index contributed by atoms with van der Waals surface area (Å²) in [6, 6.07) is 8.01. The summed E-state index contributed by atoms with van der Waals surface area (Å²) in [6.45, 7) is 5.49. The van der Waals surface area contributed by atoms with Crippen LogP contribution in [0.2, 0.25) is 0 Å². The number of nitrogens with zero attached hydrogens (tertiary/aromatic N) is 1. The van der Waals surface area contributed by atoms with Crippen LogP contribution in [-0.4, -0.2) is 42.2 Å². The number of benzene rings is 1. The number of hydrogen-bond donors (Lipinski definition) is 1. The van der Waals surface area contributed by atoms with E-state index in [1.807, 2.05) is 31.2 Å². The molecule has 1 N–H and O–H groups in total. The first kappa shape index (κ1) is 14.9. The third kappa shape index (κ3) is 4.53. The van der Waals surface area contributed by atoms with Crippen LogP contribution in [0.15, 0.2) is 24.3 Å². The summed E-state index contributed by atoms with van der Waals surface area (Å²) in [5.41, 5.74) is 1.15. The lowest BCUT2D eigenvalue weighted by Crippen LogP contribution is -2.38. The first-order valence-electron chi connectivity index (χ1n) is 7.27. The normalized spacial score (nSPS) is 19.8. The van der Waals surface area contributed by atoms with Gasteiger partial charge >= 0.3 is 5.97 Å². The van der Waals surface area contributed by atoms with Gasteiger partial charge in [-0.1, -0.05) is 18.2 Å². The minimum Gasteiger partial charge on any atom is -0.492 e. The second-order valence-electron chi connectivity index (χ2n) is 5.52. The number of carboxylic acid groups (broad SMARTS) is 1. The molecule has 2 rings (SSSR count). The van der Waals surface area contributed by atoms with Gasteiger partial charge in [0.25, 0.3) is 0 Å². The van der Waals surface area contributed by atoms with E-state index in [9.17, 15) is 4.79 Å². The van der Waals surface area contributed by atoms with E-state index in [-0.39, 0.29) is 6.42 Å². The number of hydrogen-bond acceptors (Lipinski definition) is 3. The summed E-state index contributed by atoms with van der Waals surface area (Å²) in [5, 5.41) is 8.86. The number of aryl methyl sites for hydroxylation is 1. The summed E-state index contributed by atoms with van der Waals surface area (Å²) in [6.07, 6.45) is 2.40. The van der Waals surface area contributed by atoms with Crippen LogP contribution in [0.25, 0.3) is 0 Å². The predicted octanol–water partition coefficient (Wildman–Crippen LogP) is 2.56. The lowest BCUT2D eigenvalue weighted by Gasteiger charge is -2.31. The van der Waals surface area contributed by atoms with Crippen molar-refractivity contribution in [3.8, 4) is 5.75 Å². The molecule has 1 atom stereocenters. The maximum absolute atomic E-state index is 10.8. The Morgan fingerprint density at radius 1 is 1.45 bits per heavy atom. The lowest BCUT2D eigenvalue weighted by atomic mass is 9.95. The summed E-state index contributed by atoms with van der Waals surface area (Å²) in [7, 11) is 0. The molecule has 1 heterocycles. The molecule has 1 aromatic carbocycles. The molecule has 1 fully saturated rings. The quantitative estimate of drug-likeness (QED) is 0.868. The Labute approximate surface area is 120 Å². The van der Waals surface area contributed by atoms with E-state index in [1.165, 1.54) is 0 Å². The second kappa shape index (κ2) is 7.29. The number of carboxylic acids is 1. The van der Waals surface area contributed by atoms with Gasteiger partial charge in [0, 0.05) is 19.5 Å². The molecule has 110 valence electrons. The van der Waals surface area contributed by atoms with E-state index >= 15 is 0 Å². The van der Waals surface area contributed by atoms with Gasteiger partial charge in [0.15, 0.2) is 0 Å². The minimum atomic E-state index is -0.687. The predicted molar refractivity (Wildman–Crippen MR) is 78.1 cm³/mol. The molecular weight excluding hydrogens is 254 g/mol. The van der Waals surface area contributed by atoms with Gasteiger partial charge < -0.3 is 9.84 Å². The number of ether oxygens (including phenoxy) is 1. The molecule has 4 heteroatoms. The van der Waals surface area contributed by atoms with Gasteiger partial charge in [-0.15, -0.1) is 0 Å². The molecule has 1 aliphatic heterocycles. The van der Waals surface area contributed by atoms with Crippen LogP contribution >= 0.6 is 0 Å². The van der Waals surface area contributed by atoms with Crippen molar-refractivity contribution < 1.29 is 14.6 Å². The van der Waals surface area contributed by atoms with Gasteiger partial charge in [-0.3, -0.25) is 9.69 Å². The standard InChI is InChI=1S/C16H23NO3/c1-13-5-2-3-7-15(13)20-10-9-17-8-4-6-14(12-17)11-16(18)19/h2-3,5,7,14H,4,6,8-12H2,1H3,(H,18,19). The first-order valence-corrected chi connectivity index (χ1v) is 7.27. The number of piperidine rings is 1. The Balaban J connectivity index is 1.74. The monoisotopic (exact) mass is 277 g/mol. The van der Waals surface area contributed by atoms with Crippen molar-refractivity contribution in [2.75, 3.05) is 26.2 Å². The van der Waals surface area contributed by atoms with E-state index in [0.717, 1.165) is 43.8 Å². The van der Waals surface area contributed by atoms with Crippen molar-refractivity contribution >= 4 is 5.97 Å². The van der Waals surface area contributed by atoms with Crippen molar-refractivity contribution in [2.45, 2.75) is 26.2 Å². The molecule has 1 aliphatic rings. The fourth-order valence-electron chi connectivity index (χ4n) is 2.77. The van der Waals surface area contributed by atoms with Crippen LogP contribution in [0, 0.1) is 12.8 Å². The molecule has 20 heavy (non-hydrogen) atoms. The van der Waals surface area contributed by atoms with Crippen molar-refractivity contribution in [2.24, 2.45) is 5.92 Å². The maximum atomic E-state index is 10.8. The van der Waals surface area contributed by atoms with Gasteiger partial charge in [-0.25, -0.2) is 0 Å². The highest BCUT2D eigenvalue weighted by Gasteiger charge is 2.21. The number of rotatable bonds is 6. The third-order valence-corrected chi connectivity index (χ3v) is 3.83. The average molecular weight is 277 g/mol. The molecule has 1 unspecified atom stereocenters. The average Bonchev–Trinajstić information content (AvgIpc) is 2.41. The molecule has 0 bridgehead atoms. The smallest absolute Gasteiger partial charge is 0.303 e. The van der Waals surface area contributed by atoms with Crippen molar-refractivity contribution in [3.63, 3.8) is 0 Å². The minimum absolute atomic E-state index is 0.287. The molecule has 1 saturated heterocycles. The van der Waals surface area contributed by atoms with Crippen LogP contribution in [0.1, 0.15) is 24.8 Å². The lowest BCUT2D eigenvalue weighted by molar-refractivity contribution is -0.138. The third-order valence-electron chi connectivity index (χ3n) is 3.83. The van der Waals surface area contributed by atoms with Crippen molar-refractivity contribution in [1.82, 2.24) is 4.90 Å². The number of likely N-dealkylation sites (tertiary alicyclic amines) is 1. The summed E-state index contributed by atoms with van der Waals surface area (Å²) < 4.78 is 5.80.